The third kappa shape index (κ3) is 4.01. The molecule has 0 radical (unpaired) electrons. The molecule has 1 aromatic heterocycles. The number of aryl methyl sites for hydroxylation is 1. The van der Waals surface area contributed by atoms with Gasteiger partial charge in [0, 0.05) is 9.77 Å². The number of ether oxygens (including phenoxy) is 1. The zero-order valence-electron chi connectivity index (χ0n) is 15.0. The fraction of sp³-hybridized carbons (Fsp3) is 0.316. The molecule has 1 heterocycles. The number of fused-ring (bicyclic) bond motifs is 1. The Hall–Kier alpha value is -2.32. The van der Waals surface area contributed by atoms with E-state index in [1.807, 2.05) is 18.4 Å². The summed E-state index contributed by atoms with van der Waals surface area (Å²) in [5.74, 6) is -1.61. The van der Waals surface area contributed by atoms with E-state index in [4.69, 9.17) is 10.5 Å². The molecular formula is C19H20N2O4S2. The molecule has 0 saturated carbocycles. The minimum Gasteiger partial charge on any atom is -0.449 e. The predicted molar refractivity (Wildman–Crippen MR) is 107 cm³/mol. The summed E-state index contributed by atoms with van der Waals surface area (Å²) in [5, 5.41) is 3.14. The van der Waals surface area contributed by atoms with Gasteiger partial charge in [-0.2, -0.15) is 0 Å². The highest BCUT2D eigenvalue weighted by Crippen LogP contribution is 2.38. The normalized spacial score (nSPS) is 13.7. The number of thioether (sulfide) groups is 1. The van der Waals surface area contributed by atoms with Crippen LogP contribution in [0.5, 0.6) is 0 Å². The van der Waals surface area contributed by atoms with Crippen molar-refractivity contribution in [3.8, 4) is 0 Å². The number of nitrogens with one attached hydrogen (secondary N) is 1. The fourth-order valence-electron chi connectivity index (χ4n) is 3.06. The third-order valence-corrected chi connectivity index (χ3v) is 6.39. The summed E-state index contributed by atoms with van der Waals surface area (Å²) in [6.45, 7) is 1.50. The minimum absolute atomic E-state index is 0.382. The molecule has 6 nitrogen and oxygen atoms in total. The van der Waals surface area contributed by atoms with Gasteiger partial charge in [0.2, 0.25) is 0 Å². The number of nitrogens with two attached hydrogens (primary N) is 1. The van der Waals surface area contributed by atoms with E-state index in [1.54, 1.807) is 12.1 Å². The Bertz CT molecular complexity index is 907. The Morgan fingerprint density at radius 2 is 2.00 bits per heavy atom. The Labute approximate surface area is 165 Å². The third-order valence-electron chi connectivity index (χ3n) is 4.38. The van der Waals surface area contributed by atoms with Crippen molar-refractivity contribution >= 4 is 45.9 Å². The average molecular weight is 405 g/mol. The SMILES string of the molecule is CSc1ccccc1C(=O)O[C@@H](C)C(=O)Nc1sc2c(c1C(N)=O)CCC2. The molecule has 1 atom stereocenters. The second-order valence-corrected chi connectivity index (χ2v) is 8.12. The van der Waals surface area contributed by atoms with Crippen molar-refractivity contribution in [1.82, 2.24) is 0 Å². The number of benzene rings is 1. The molecule has 0 spiro atoms. The van der Waals surface area contributed by atoms with E-state index >= 15 is 0 Å². The van der Waals surface area contributed by atoms with Crippen LogP contribution < -0.4 is 11.1 Å². The lowest BCUT2D eigenvalue weighted by molar-refractivity contribution is -0.123. The van der Waals surface area contributed by atoms with E-state index in [-0.39, 0.29) is 0 Å². The Balaban J connectivity index is 1.72. The van der Waals surface area contributed by atoms with Crippen LogP contribution in [-0.4, -0.2) is 30.1 Å². The highest BCUT2D eigenvalue weighted by atomic mass is 32.2. The monoisotopic (exact) mass is 404 g/mol. The molecule has 8 heteroatoms. The molecule has 2 aromatic rings. The molecule has 2 amide bonds. The summed E-state index contributed by atoms with van der Waals surface area (Å²) in [5.41, 5.74) is 7.23. The van der Waals surface area contributed by atoms with Crippen molar-refractivity contribution in [1.29, 1.82) is 0 Å². The van der Waals surface area contributed by atoms with Gasteiger partial charge in [-0.05, 0) is 50.1 Å². The molecule has 1 aliphatic rings. The van der Waals surface area contributed by atoms with Gasteiger partial charge in [0.15, 0.2) is 6.10 Å². The maximum absolute atomic E-state index is 12.5. The highest BCUT2D eigenvalue weighted by molar-refractivity contribution is 7.98. The number of esters is 1. The van der Waals surface area contributed by atoms with Gasteiger partial charge in [-0.15, -0.1) is 23.1 Å². The van der Waals surface area contributed by atoms with Crippen molar-refractivity contribution in [2.24, 2.45) is 5.73 Å². The zero-order valence-corrected chi connectivity index (χ0v) is 16.7. The van der Waals surface area contributed by atoms with E-state index in [9.17, 15) is 14.4 Å². The second-order valence-electron chi connectivity index (χ2n) is 6.16. The first-order valence-electron chi connectivity index (χ1n) is 8.51. The van der Waals surface area contributed by atoms with Crippen LogP contribution in [0.15, 0.2) is 29.2 Å². The molecule has 1 aliphatic carbocycles. The fourth-order valence-corrected chi connectivity index (χ4v) is 4.94. The largest absolute Gasteiger partial charge is 0.449 e. The Morgan fingerprint density at radius 1 is 1.26 bits per heavy atom. The molecule has 142 valence electrons. The topological polar surface area (TPSA) is 98.5 Å². The van der Waals surface area contributed by atoms with E-state index in [0.717, 1.165) is 34.6 Å². The van der Waals surface area contributed by atoms with E-state index in [2.05, 4.69) is 5.32 Å². The molecule has 0 bridgehead atoms. The lowest BCUT2D eigenvalue weighted by Gasteiger charge is -2.14. The molecule has 0 saturated heterocycles. The second kappa shape index (κ2) is 8.14. The van der Waals surface area contributed by atoms with Crippen molar-refractivity contribution in [2.75, 3.05) is 11.6 Å². The number of thiophene rings is 1. The van der Waals surface area contributed by atoms with Crippen LogP contribution in [0.1, 0.15) is 44.5 Å². The number of primary amides is 1. The molecule has 0 fully saturated rings. The zero-order chi connectivity index (χ0) is 19.6. The van der Waals surface area contributed by atoms with Crippen molar-refractivity contribution in [2.45, 2.75) is 37.2 Å². The van der Waals surface area contributed by atoms with Crippen LogP contribution in [-0.2, 0) is 22.4 Å². The van der Waals surface area contributed by atoms with E-state index in [1.165, 1.54) is 30.0 Å². The van der Waals surface area contributed by atoms with Crippen LogP contribution in [0, 0.1) is 0 Å². The maximum Gasteiger partial charge on any atom is 0.340 e. The molecular weight excluding hydrogens is 384 g/mol. The highest BCUT2D eigenvalue weighted by Gasteiger charge is 2.28. The van der Waals surface area contributed by atoms with Crippen molar-refractivity contribution in [3.63, 3.8) is 0 Å². The van der Waals surface area contributed by atoms with Gasteiger partial charge < -0.3 is 15.8 Å². The first-order valence-corrected chi connectivity index (χ1v) is 10.6. The quantitative estimate of drug-likeness (QED) is 0.569. The van der Waals surface area contributed by atoms with Gasteiger partial charge in [-0.3, -0.25) is 9.59 Å². The Morgan fingerprint density at radius 3 is 2.70 bits per heavy atom. The summed E-state index contributed by atoms with van der Waals surface area (Å²) in [7, 11) is 0. The number of carbonyl (C=O) groups is 3. The lowest BCUT2D eigenvalue weighted by Crippen LogP contribution is -2.30. The van der Waals surface area contributed by atoms with Crippen molar-refractivity contribution < 1.29 is 19.1 Å². The number of amides is 2. The molecule has 1 aromatic carbocycles. The van der Waals surface area contributed by atoms with Crippen LogP contribution in [0.2, 0.25) is 0 Å². The van der Waals surface area contributed by atoms with Crippen LogP contribution >= 0.6 is 23.1 Å². The average Bonchev–Trinajstić information content (AvgIpc) is 3.21. The van der Waals surface area contributed by atoms with Crippen LogP contribution in [0.25, 0.3) is 0 Å². The molecule has 0 unspecified atom stereocenters. The van der Waals surface area contributed by atoms with Gasteiger partial charge in [0.25, 0.3) is 11.8 Å². The minimum atomic E-state index is -1.01. The number of carbonyl (C=O) groups excluding carboxylic acids is 3. The standard InChI is InChI=1S/C19H20N2O4S2/c1-10(25-19(24)12-6-3-4-8-13(12)26-2)17(23)21-18-15(16(20)22)11-7-5-9-14(11)27-18/h3-4,6,8,10H,5,7,9H2,1-2H3,(H2,20,22)(H,21,23)/t10-/m0/s1. The van der Waals surface area contributed by atoms with Crippen LogP contribution in [0.4, 0.5) is 5.00 Å². The van der Waals surface area contributed by atoms with Gasteiger partial charge in [-0.1, -0.05) is 12.1 Å². The smallest absolute Gasteiger partial charge is 0.340 e. The summed E-state index contributed by atoms with van der Waals surface area (Å²) in [4.78, 5) is 38.6. The summed E-state index contributed by atoms with van der Waals surface area (Å²) >= 11 is 2.80. The van der Waals surface area contributed by atoms with E-state index in [0.29, 0.717) is 16.1 Å². The van der Waals surface area contributed by atoms with Gasteiger partial charge in [0.1, 0.15) is 5.00 Å². The summed E-state index contributed by atoms with van der Waals surface area (Å²) < 4.78 is 5.31. The molecule has 3 rings (SSSR count). The number of rotatable bonds is 6. The number of hydrogen-bond acceptors (Lipinski definition) is 6. The first kappa shape index (κ1) is 19.4. The predicted octanol–water partition coefficient (Wildman–Crippen LogP) is 3.24. The first-order chi connectivity index (χ1) is 12.9. The maximum atomic E-state index is 12.5. The number of anilines is 1. The molecule has 27 heavy (non-hydrogen) atoms. The Kier molecular flexibility index (Phi) is 5.86. The summed E-state index contributed by atoms with van der Waals surface area (Å²) in [6.07, 6.45) is 3.51. The number of hydrogen-bond donors (Lipinski definition) is 2. The summed E-state index contributed by atoms with van der Waals surface area (Å²) in [6, 6.07) is 7.06. The van der Waals surface area contributed by atoms with E-state index < -0.39 is 23.9 Å². The lowest BCUT2D eigenvalue weighted by atomic mass is 10.1. The molecule has 0 aliphatic heterocycles. The van der Waals surface area contributed by atoms with Gasteiger partial charge in [-0.25, -0.2) is 4.79 Å². The van der Waals surface area contributed by atoms with Crippen molar-refractivity contribution in [3.05, 3.63) is 45.8 Å². The van der Waals surface area contributed by atoms with Gasteiger partial charge in [0.05, 0.1) is 11.1 Å². The van der Waals surface area contributed by atoms with Crippen LogP contribution in [0.3, 0.4) is 0 Å². The van der Waals surface area contributed by atoms with Gasteiger partial charge >= 0.3 is 5.97 Å². The molecule has 3 N–H and O–H groups in total.